The largest absolute Gasteiger partial charge is 0.253 e. The number of fused-ring (bicyclic) bond motifs is 8. The number of aromatic nitrogens is 4. The zero-order chi connectivity index (χ0) is 33.0. The number of rotatable bonds is 4. The van der Waals surface area contributed by atoms with Gasteiger partial charge in [0.25, 0.3) is 0 Å². The van der Waals surface area contributed by atoms with Crippen molar-refractivity contribution in [1.82, 2.24) is 19.9 Å². The first-order valence-electron chi connectivity index (χ1n) is 16.8. The third kappa shape index (κ3) is 4.69. The summed E-state index contributed by atoms with van der Waals surface area (Å²) >= 11 is 0. The normalized spacial score (nSPS) is 11.6. The molecule has 0 fully saturated rings. The maximum absolute atomic E-state index is 5.31. The Morgan fingerprint density at radius 3 is 1.78 bits per heavy atom. The predicted octanol–water partition coefficient (Wildman–Crippen LogP) is 11.7. The van der Waals surface area contributed by atoms with Gasteiger partial charge in [0, 0.05) is 55.4 Å². The van der Waals surface area contributed by atoms with Crippen LogP contribution < -0.4 is 0 Å². The van der Waals surface area contributed by atoms with Crippen LogP contribution in [0.4, 0.5) is 0 Å². The summed E-state index contributed by atoms with van der Waals surface area (Å²) in [5.74, 6) is 0. The lowest BCUT2D eigenvalue weighted by Gasteiger charge is -2.15. The summed E-state index contributed by atoms with van der Waals surface area (Å²) in [6, 6.07) is 57.0. The summed E-state index contributed by atoms with van der Waals surface area (Å²) in [6.07, 6.45) is 1.99. The molecule has 4 aromatic heterocycles. The summed E-state index contributed by atoms with van der Waals surface area (Å²) in [4.78, 5) is 20.8. The molecule has 0 spiro atoms. The second-order valence-electron chi connectivity index (χ2n) is 12.7. The average molecular weight is 637 g/mol. The molecule has 4 heterocycles. The first-order chi connectivity index (χ1) is 24.8. The topological polar surface area (TPSA) is 51.6 Å². The van der Waals surface area contributed by atoms with E-state index in [1.807, 2.05) is 18.3 Å². The summed E-state index contributed by atoms with van der Waals surface area (Å²) in [5, 5.41) is 7.72. The molecule has 10 rings (SSSR count). The van der Waals surface area contributed by atoms with Crippen LogP contribution in [0.25, 0.3) is 99.3 Å². The van der Waals surface area contributed by atoms with Crippen molar-refractivity contribution >= 4 is 54.3 Å². The number of benzene rings is 6. The SMILES string of the molecule is c1ccc(-c2cc(-c3nc4ccccc4c4c3cnc3c4ccc4ccc(-c5ccc6ccccc6c5)nc43)cc(-c3ccccc3)n2)cc1. The first kappa shape index (κ1) is 28.3. The van der Waals surface area contributed by atoms with Gasteiger partial charge in [0.2, 0.25) is 0 Å². The van der Waals surface area contributed by atoms with E-state index in [1.165, 1.54) is 10.8 Å². The van der Waals surface area contributed by atoms with Crippen molar-refractivity contribution in [2.75, 3.05) is 0 Å². The van der Waals surface area contributed by atoms with Crippen LogP contribution in [0.3, 0.4) is 0 Å². The maximum atomic E-state index is 5.31. The molecule has 50 heavy (non-hydrogen) atoms. The number of hydrogen-bond donors (Lipinski definition) is 0. The van der Waals surface area contributed by atoms with Crippen molar-refractivity contribution in [1.29, 1.82) is 0 Å². The predicted molar refractivity (Wildman–Crippen MR) is 207 cm³/mol. The zero-order valence-electron chi connectivity index (χ0n) is 27.0. The van der Waals surface area contributed by atoms with Crippen LogP contribution in [0.5, 0.6) is 0 Å². The molecular weight excluding hydrogens is 609 g/mol. The molecule has 0 radical (unpaired) electrons. The highest BCUT2D eigenvalue weighted by atomic mass is 14.8. The fourth-order valence-electron chi connectivity index (χ4n) is 7.19. The van der Waals surface area contributed by atoms with Gasteiger partial charge in [-0.3, -0.25) is 4.98 Å². The third-order valence-corrected chi connectivity index (χ3v) is 9.64. The zero-order valence-corrected chi connectivity index (χ0v) is 27.0. The van der Waals surface area contributed by atoms with Crippen LogP contribution in [-0.4, -0.2) is 19.9 Å². The Balaban J connectivity index is 1.24. The molecule has 0 aliphatic heterocycles. The van der Waals surface area contributed by atoms with Gasteiger partial charge in [-0.15, -0.1) is 0 Å². The summed E-state index contributed by atoms with van der Waals surface area (Å²) < 4.78 is 0. The highest BCUT2D eigenvalue weighted by molar-refractivity contribution is 6.24. The molecule has 0 amide bonds. The molecule has 0 saturated carbocycles. The van der Waals surface area contributed by atoms with Crippen molar-refractivity contribution in [2.45, 2.75) is 0 Å². The van der Waals surface area contributed by atoms with Gasteiger partial charge < -0.3 is 0 Å². The van der Waals surface area contributed by atoms with E-state index in [9.17, 15) is 0 Å². The third-order valence-electron chi connectivity index (χ3n) is 9.64. The monoisotopic (exact) mass is 636 g/mol. The van der Waals surface area contributed by atoms with Crippen LogP contribution in [0.1, 0.15) is 0 Å². The van der Waals surface area contributed by atoms with E-state index >= 15 is 0 Å². The number of hydrogen-bond acceptors (Lipinski definition) is 4. The van der Waals surface area contributed by atoms with Crippen molar-refractivity contribution in [3.63, 3.8) is 0 Å². The van der Waals surface area contributed by atoms with Crippen molar-refractivity contribution < 1.29 is 0 Å². The molecule has 0 aliphatic rings. The number of nitrogens with zero attached hydrogens (tertiary/aromatic N) is 4. The van der Waals surface area contributed by atoms with Crippen molar-refractivity contribution in [2.24, 2.45) is 0 Å². The minimum atomic E-state index is 0.878. The highest BCUT2D eigenvalue weighted by Crippen LogP contribution is 2.40. The second kappa shape index (κ2) is 11.4. The Morgan fingerprint density at radius 1 is 0.340 bits per heavy atom. The molecule has 0 saturated heterocycles. The minimum absolute atomic E-state index is 0.878. The Morgan fingerprint density at radius 2 is 1.00 bits per heavy atom. The summed E-state index contributed by atoms with van der Waals surface area (Å²) in [7, 11) is 0. The van der Waals surface area contributed by atoms with E-state index < -0.39 is 0 Å². The van der Waals surface area contributed by atoms with Gasteiger partial charge in [-0.1, -0.05) is 133 Å². The van der Waals surface area contributed by atoms with Crippen LogP contribution in [0.15, 0.2) is 170 Å². The maximum Gasteiger partial charge on any atom is 0.0972 e. The van der Waals surface area contributed by atoms with E-state index in [1.54, 1.807) is 0 Å². The molecule has 0 atom stereocenters. The van der Waals surface area contributed by atoms with Crippen LogP contribution >= 0.6 is 0 Å². The fourth-order valence-corrected chi connectivity index (χ4v) is 7.19. The minimum Gasteiger partial charge on any atom is -0.253 e. The van der Waals surface area contributed by atoms with Gasteiger partial charge in [-0.25, -0.2) is 15.0 Å². The van der Waals surface area contributed by atoms with E-state index in [2.05, 4.69) is 152 Å². The Labute approximate surface area is 288 Å². The van der Waals surface area contributed by atoms with E-state index in [0.717, 1.165) is 88.5 Å². The van der Waals surface area contributed by atoms with Gasteiger partial charge in [0.05, 0.1) is 39.3 Å². The van der Waals surface area contributed by atoms with E-state index in [-0.39, 0.29) is 0 Å². The molecule has 10 aromatic rings. The summed E-state index contributed by atoms with van der Waals surface area (Å²) in [5.41, 5.74) is 10.5. The van der Waals surface area contributed by atoms with Crippen molar-refractivity contribution in [3.8, 4) is 45.0 Å². The van der Waals surface area contributed by atoms with Gasteiger partial charge in [-0.05, 0) is 41.1 Å². The molecule has 232 valence electrons. The Hall–Kier alpha value is -6.78. The van der Waals surface area contributed by atoms with Gasteiger partial charge in [0.15, 0.2) is 0 Å². The molecule has 0 aliphatic carbocycles. The lowest BCUT2D eigenvalue weighted by molar-refractivity contribution is 1.31. The molecule has 4 heteroatoms. The standard InChI is InChI=1S/C46H28N4/c1-3-12-30(13-4-1)41-26-35(27-42(48-41)31-14-5-2-6-15-31)44-38-28-47-46-37(43(38)36-17-9-10-18-40(36)50-44)23-21-32-22-24-39(49-45(32)46)34-20-19-29-11-7-8-16-33(29)25-34/h1-28H. The van der Waals surface area contributed by atoms with Crippen LogP contribution in [0.2, 0.25) is 0 Å². The first-order valence-corrected chi connectivity index (χ1v) is 16.8. The Bertz CT molecular complexity index is 2860. The van der Waals surface area contributed by atoms with Crippen molar-refractivity contribution in [3.05, 3.63) is 170 Å². The van der Waals surface area contributed by atoms with Crippen LogP contribution in [0, 0.1) is 0 Å². The molecular formula is C46H28N4. The van der Waals surface area contributed by atoms with Gasteiger partial charge in [-0.2, -0.15) is 0 Å². The van der Waals surface area contributed by atoms with E-state index in [0.29, 0.717) is 0 Å². The summed E-state index contributed by atoms with van der Waals surface area (Å²) in [6.45, 7) is 0. The second-order valence-corrected chi connectivity index (χ2v) is 12.7. The lowest BCUT2D eigenvalue weighted by Crippen LogP contribution is -1.96. The average Bonchev–Trinajstić information content (AvgIpc) is 3.20. The molecule has 0 bridgehead atoms. The van der Waals surface area contributed by atoms with E-state index in [4.69, 9.17) is 19.9 Å². The van der Waals surface area contributed by atoms with Gasteiger partial charge >= 0.3 is 0 Å². The molecule has 4 nitrogen and oxygen atoms in total. The quantitative estimate of drug-likeness (QED) is 0.180. The van der Waals surface area contributed by atoms with Crippen LogP contribution in [-0.2, 0) is 0 Å². The number of pyridine rings is 4. The highest BCUT2D eigenvalue weighted by Gasteiger charge is 2.18. The molecule has 0 unspecified atom stereocenters. The lowest BCUT2D eigenvalue weighted by atomic mass is 9.96. The molecule has 6 aromatic carbocycles. The Kier molecular flexibility index (Phi) is 6.46. The number of para-hydroxylation sites is 1. The van der Waals surface area contributed by atoms with Gasteiger partial charge in [0.1, 0.15) is 0 Å². The smallest absolute Gasteiger partial charge is 0.0972 e. The fraction of sp³-hybridized carbons (Fsp3) is 0. The molecule has 0 N–H and O–H groups in total.